The molecule has 1 aromatic heterocycles. The zero-order chi connectivity index (χ0) is 17.9. The standard InChI is InChI=1S/C15H17N3O4S2/c1-9-8-16-15(23-9)17-14(20)10(2)18-24(21,22)13-6-4-12(5-7-13)11(3)19/h4-8,10,18H,1-3H3,(H,16,17,20)/t10-/m1/s1. The lowest BCUT2D eigenvalue weighted by molar-refractivity contribution is -0.117. The fourth-order valence-corrected chi connectivity index (χ4v) is 3.72. The van der Waals surface area contributed by atoms with Crippen LogP contribution in [0.5, 0.6) is 0 Å². The lowest BCUT2D eigenvalue weighted by Gasteiger charge is -2.13. The van der Waals surface area contributed by atoms with Crippen LogP contribution in [0.25, 0.3) is 0 Å². The minimum atomic E-state index is -3.87. The lowest BCUT2D eigenvalue weighted by Crippen LogP contribution is -2.41. The molecule has 1 atom stereocenters. The summed E-state index contributed by atoms with van der Waals surface area (Å²) in [6.07, 6.45) is 1.62. The van der Waals surface area contributed by atoms with E-state index in [1.165, 1.54) is 49.4 Å². The van der Waals surface area contributed by atoms with Crippen molar-refractivity contribution < 1.29 is 18.0 Å². The Morgan fingerprint density at radius 1 is 1.21 bits per heavy atom. The maximum absolute atomic E-state index is 12.3. The molecule has 1 heterocycles. The number of hydrogen-bond acceptors (Lipinski definition) is 6. The van der Waals surface area contributed by atoms with Gasteiger partial charge >= 0.3 is 0 Å². The van der Waals surface area contributed by atoms with E-state index in [-0.39, 0.29) is 10.7 Å². The van der Waals surface area contributed by atoms with Crippen LogP contribution in [0, 0.1) is 6.92 Å². The van der Waals surface area contributed by atoms with Crippen molar-refractivity contribution in [1.29, 1.82) is 0 Å². The molecule has 2 aromatic rings. The van der Waals surface area contributed by atoms with Crippen molar-refractivity contribution in [1.82, 2.24) is 9.71 Å². The third-order valence-corrected chi connectivity index (χ3v) is 5.53. The molecule has 0 aliphatic rings. The Morgan fingerprint density at radius 3 is 2.33 bits per heavy atom. The van der Waals surface area contributed by atoms with Crippen LogP contribution in [0.3, 0.4) is 0 Å². The van der Waals surface area contributed by atoms with Crippen molar-refractivity contribution in [3.63, 3.8) is 0 Å². The zero-order valence-electron chi connectivity index (χ0n) is 13.4. The number of aryl methyl sites for hydroxylation is 1. The van der Waals surface area contributed by atoms with E-state index in [9.17, 15) is 18.0 Å². The minimum Gasteiger partial charge on any atom is -0.301 e. The zero-order valence-corrected chi connectivity index (χ0v) is 15.0. The molecule has 0 saturated heterocycles. The number of amides is 1. The molecule has 0 unspecified atom stereocenters. The second kappa shape index (κ2) is 7.20. The average Bonchev–Trinajstić information content (AvgIpc) is 2.92. The number of aromatic nitrogens is 1. The molecule has 0 spiro atoms. The normalized spacial score (nSPS) is 12.6. The second-order valence-corrected chi connectivity index (χ2v) is 8.14. The van der Waals surface area contributed by atoms with Gasteiger partial charge < -0.3 is 5.32 Å². The van der Waals surface area contributed by atoms with Crippen molar-refractivity contribution in [3.05, 3.63) is 40.9 Å². The fraction of sp³-hybridized carbons (Fsp3) is 0.267. The monoisotopic (exact) mass is 367 g/mol. The number of rotatable bonds is 6. The molecule has 0 radical (unpaired) electrons. The highest BCUT2D eigenvalue weighted by Gasteiger charge is 2.22. The number of nitrogens with one attached hydrogen (secondary N) is 2. The SMILES string of the molecule is CC(=O)c1ccc(S(=O)(=O)N[C@H](C)C(=O)Nc2ncc(C)s2)cc1. The van der Waals surface area contributed by atoms with Gasteiger partial charge in [-0.2, -0.15) is 4.72 Å². The largest absolute Gasteiger partial charge is 0.301 e. The van der Waals surface area contributed by atoms with E-state index in [2.05, 4.69) is 15.0 Å². The molecule has 0 bridgehead atoms. The second-order valence-electron chi connectivity index (χ2n) is 5.19. The van der Waals surface area contributed by atoms with Gasteiger partial charge in [0.1, 0.15) is 0 Å². The van der Waals surface area contributed by atoms with Gasteiger partial charge in [0, 0.05) is 16.6 Å². The van der Waals surface area contributed by atoms with E-state index in [4.69, 9.17) is 0 Å². The number of benzene rings is 1. The van der Waals surface area contributed by atoms with Crippen molar-refractivity contribution >= 4 is 38.2 Å². The van der Waals surface area contributed by atoms with Gasteiger partial charge in [0.05, 0.1) is 10.9 Å². The van der Waals surface area contributed by atoms with Gasteiger partial charge in [-0.3, -0.25) is 9.59 Å². The van der Waals surface area contributed by atoms with E-state index in [0.29, 0.717) is 10.7 Å². The minimum absolute atomic E-state index is 0.0164. The summed E-state index contributed by atoms with van der Waals surface area (Å²) < 4.78 is 26.9. The maximum atomic E-state index is 12.3. The van der Waals surface area contributed by atoms with Gasteiger partial charge in [0.2, 0.25) is 15.9 Å². The summed E-state index contributed by atoms with van der Waals surface area (Å²) in [5.41, 5.74) is 0.416. The molecule has 0 aliphatic carbocycles. The molecule has 128 valence electrons. The number of Topliss-reactive ketones (excluding diaryl/α,β-unsaturated/α-hetero) is 1. The number of anilines is 1. The summed E-state index contributed by atoms with van der Waals surface area (Å²) in [5.74, 6) is -0.660. The average molecular weight is 367 g/mol. The van der Waals surface area contributed by atoms with Gasteiger partial charge in [0.25, 0.3) is 0 Å². The van der Waals surface area contributed by atoms with Crippen molar-refractivity contribution in [2.24, 2.45) is 0 Å². The smallest absolute Gasteiger partial charge is 0.244 e. The summed E-state index contributed by atoms with van der Waals surface area (Å²) in [5, 5.41) is 2.97. The number of hydrogen-bond donors (Lipinski definition) is 2. The first-order valence-corrected chi connectivity index (χ1v) is 9.35. The molecule has 0 fully saturated rings. The Bertz CT molecular complexity index is 857. The number of nitrogens with zero attached hydrogens (tertiary/aromatic N) is 1. The van der Waals surface area contributed by atoms with E-state index in [1.54, 1.807) is 6.20 Å². The van der Waals surface area contributed by atoms with Gasteiger partial charge in [0.15, 0.2) is 10.9 Å². The van der Waals surface area contributed by atoms with Gasteiger partial charge in [-0.15, -0.1) is 11.3 Å². The quantitative estimate of drug-likeness (QED) is 0.759. The third kappa shape index (κ3) is 4.47. The topological polar surface area (TPSA) is 105 Å². The van der Waals surface area contributed by atoms with Crippen molar-refractivity contribution in [3.8, 4) is 0 Å². The summed E-state index contributed by atoms with van der Waals surface area (Å²) in [4.78, 5) is 28.2. The van der Waals surface area contributed by atoms with Crippen LogP contribution in [0.4, 0.5) is 5.13 Å². The molecule has 9 heteroatoms. The van der Waals surface area contributed by atoms with Crippen LogP contribution in [-0.4, -0.2) is 31.1 Å². The first-order chi connectivity index (χ1) is 11.2. The Balaban J connectivity index is 2.07. The first-order valence-electron chi connectivity index (χ1n) is 7.05. The molecular formula is C15H17N3O4S2. The van der Waals surface area contributed by atoms with Crippen molar-refractivity contribution in [2.75, 3.05) is 5.32 Å². The molecule has 7 nitrogen and oxygen atoms in total. The molecule has 0 aliphatic heterocycles. The number of carbonyl (C=O) groups is 2. The van der Waals surface area contributed by atoms with Crippen LogP contribution < -0.4 is 10.0 Å². The first kappa shape index (κ1) is 18.2. The number of ketones is 1. The lowest BCUT2D eigenvalue weighted by atomic mass is 10.2. The maximum Gasteiger partial charge on any atom is 0.244 e. The van der Waals surface area contributed by atoms with Crippen LogP contribution in [0.2, 0.25) is 0 Å². The summed E-state index contributed by atoms with van der Waals surface area (Å²) in [6.45, 7) is 4.69. The summed E-state index contributed by atoms with van der Waals surface area (Å²) >= 11 is 1.30. The molecule has 2 N–H and O–H groups in total. The van der Waals surface area contributed by atoms with Crippen LogP contribution >= 0.6 is 11.3 Å². The highest BCUT2D eigenvalue weighted by atomic mass is 32.2. The van der Waals surface area contributed by atoms with E-state index >= 15 is 0 Å². The van der Waals surface area contributed by atoms with Gasteiger partial charge in [-0.1, -0.05) is 12.1 Å². The van der Waals surface area contributed by atoms with Crippen LogP contribution in [0.15, 0.2) is 35.4 Å². The molecule has 1 amide bonds. The Hall–Kier alpha value is -2.10. The molecule has 0 saturated carbocycles. The number of carbonyl (C=O) groups excluding carboxylic acids is 2. The Labute approximate surface area is 144 Å². The van der Waals surface area contributed by atoms with Gasteiger partial charge in [-0.05, 0) is 32.9 Å². The summed E-state index contributed by atoms with van der Waals surface area (Å²) in [6, 6.07) is 4.54. The van der Waals surface area contributed by atoms with Crippen LogP contribution in [-0.2, 0) is 14.8 Å². The third-order valence-electron chi connectivity index (χ3n) is 3.15. The molecule has 2 rings (SSSR count). The van der Waals surface area contributed by atoms with Gasteiger partial charge in [-0.25, -0.2) is 13.4 Å². The highest BCUT2D eigenvalue weighted by molar-refractivity contribution is 7.89. The molecule has 24 heavy (non-hydrogen) atoms. The van der Waals surface area contributed by atoms with E-state index in [0.717, 1.165) is 4.88 Å². The Morgan fingerprint density at radius 2 is 1.83 bits per heavy atom. The number of sulfonamides is 1. The fourth-order valence-electron chi connectivity index (χ4n) is 1.85. The summed E-state index contributed by atoms with van der Waals surface area (Å²) in [7, 11) is -3.87. The predicted octanol–water partition coefficient (Wildman–Crippen LogP) is 1.96. The number of thiazole rings is 1. The van der Waals surface area contributed by atoms with Crippen molar-refractivity contribution in [2.45, 2.75) is 31.7 Å². The highest BCUT2D eigenvalue weighted by Crippen LogP contribution is 2.17. The predicted molar refractivity (Wildman–Crippen MR) is 91.7 cm³/mol. The Kier molecular flexibility index (Phi) is 5.47. The molecular weight excluding hydrogens is 350 g/mol. The van der Waals surface area contributed by atoms with E-state index < -0.39 is 22.0 Å². The van der Waals surface area contributed by atoms with Crippen LogP contribution in [0.1, 0.15) is 29.1 Å². The molecule has 1 aromatic carbocycles. The van der Waals surface area contributed by atoms with E-state index in [1.807, 2.05) is 6.92 Å².